The van der Waals surface area contributed by atoms with Gasteiger partial charge >= 0.3 is 6.03 Å². The van der Waals surface area contributed by atoms with E-state index in [1.54, 1.807) is 12.1 Å². The van der Waals surface area contributed by atoms with Crippen molar-refractivity contribution in [3.8, 4) is 0 Å². The standard InChI is InChI=1S/C8H7ClN2O3/c9-6-2-1-5(14-6)4-11-7(12)3-10-8(11)13/h1-2H,3-4H2,(H,10,13). The van der Waals surface area contributed by atoms with Gasteiger partial charge in [-0.1, -0.05) is 0 Å². The molecule has 1 aromatic heterocycles. The van der Waals surface area contributed by atoms with Crippen LogP contribution in [0.3, 0.4) is 0 Å². The van der Waals surface area contributed by atoms with Crippen molar-refractivity contribution < 1.29 is 14.0 Å². The fourth-order valence-corrected chi connectivity index (χ4v) is 1.37. The minimum absolute atomic E-state index is 0.0489. The molecule has 0 aliphatic carbocycles. The molecule has 5 nitrogen and oxygen atoms in total. The molecule has 1 N–H and O–H groups in total. The number of rotatable bonds is 2. The number of hydrogen-bond donors (Lipinski definition) is 1. The zero-order valence-electron chi connectivity index (χ0n) is 7.12. The molecule has 2 rings (SSSR count). The fraction of sp³-hybridized carbons (Fsp3) is 0.250. The van der Waals surface area contributed by atoms with Gasteiger partial charge < -0.3 is 9.73 Å². The van der Waals surface area contributed by atoms with Crippen LogP contribution in [0.25, 0.3) is 0 Å². The molecular weight excluding hydrogens is 208 g/mol. The van der Waals surface area contributed by atoms with Crippen molar-refractivity contribution in [2.75, 3.05) is 6.54 Å². The van der Waals surface area contributed by atoms with E-state index >= 15 is 0 Å². The van der Waals surface area contributed by atoms with Gasteiger partial charge in [0, 0.05) is 0 Å². The Hall–Kier alpha value is -1.49. The summed E-state index contributed by atoms with van der Waals surface area (Å²) < 4.78 is 5.03. The number of hydrogen-bond acceptors (Lipinski definition) is 3. The Kier molecular flexibility index (Phi) is 2.17. The first-order chi connectivity index (χ1) is 6.66. The summed E-state index contributed by atoms with van der Waals surface area (Å²) in [4.78, 5) is 23.4. The monoisotopic (exact) mass is 214 g/mol. The SMILES string of the molecule is O=C1CNC(=O)N1Cc1ccc(Cl)o1. The Balaban J connectivity index is 2.10. The molecule has 14 heavy (non-hydrogen) atoms. The van der Waals surface area contributed by atoms with Gasteiger partial charge in [0.05, 0.1) is 13.1 Å². The molecule has 0 spiro atoms. The fourth-order valence-electron chi connectivity index (χ4n) is 1.21. The summed E-state index contributed by atoms with van der Waals surface area (Å²) in [7, 11) is 0. The number of nitrogens with zero attached hydrogens (tertiary/aromatic N) is 1. The Morgan fingerprint density at radius 1 is 1.50 bits per heavy atom. The lowest BCUT2D eigenvalue weighted by Crippen LogP contribution is -2.30. The Labute approximate surface area is 84.6 Å². The first-order valence-corrected chi connectivity index (χ1v) is 4.37. The summed E-state index contributed by atoms with van der Waals surface area (Å²) in [5.41, 5.74) is 0. The minimum Gasteiger partial charge on any atom is -0.448 e. The van der Waals surface area contributed by atoms with Crippen LogP contribution < -0.4 is 5.32 Å². The van der Waals surface area contributed by atoms with Crippen molar-refractivity contribution in [2.24, 2.45) is 0 Å². The van der Waals surface area contributed by atoms with E-state index in [2.05, 4.69) is 5.32 Å². The third-order valence-electron chi connectivity index (χ3n) is 1.88. The van der Waals surface area contributed by atoms with E-state index in [0.29, 0.717) is 5.76 Å². The quantitative estimate of drug-likeness (QED) is 0.747. The predicted molar refractivity (Wildman–Crippen MR) is 47.7 cm³/mol. The molecule has 0 unspecified atom stereocenters. The van der Waals surface area contributed by atoms with Gasteiger partial charge in [-0.05, 0) is 23.7 Å². The lowest BCUT2D eigenvalue weighted by molar-refractivity contribution is -0.125. The molecule has 1 fully saturated rings. The molecule has 1 saturated heterocycles. The van der Waals surface area contributed by atoms with E-state index in [-0.39, 0.29) is 24.2 Å². The van der Waals surface area contributed by atoms with Crippen molar-refractivity contribution in [1.82, 2.24) is 10.2 Å². The number of carbonyl (C=O) groups excluding carboxylic acids is 2. The Morgan fingerprint density at radius 2 is 2.29 bits per heavy atom. The van der Waals surface area contributed by atoms with Crippen LogP contribution in [0.2, 0.25) is 5.22 Å². The highest BCUT2D eigenvalue weighted by Crippen LogP contribution is 2.15. The number of halogens is 1. The molecule has 2 heterocycles. The van der Waals surface area contributed by atoms with Gasteiger partial charge in [0.25, 0.3) is 0 Å². The van der Waals surface area contributed by atoms with Crippen molar-refractivity contribution >= 4 is 23.5 Å². The summed E-state index contributed by atoms with van der Waals surface area (Å²) in [5, 5.41) is 2.65. The number of nitrogens with one attached hydrogen (secondary N) is 1. The van der Waals surface area contributed by atoms with Crippen molar-refractivity contribution in [3.05, 3.63) is 23.1 Å². The lowest BCUT2D eigenvalue weighted by atomic mass is 10.4. The number of urea groups is 1. The van der Waals surface area contributed by atoms with E-state index in [1.807, 2.05) is 0 Å². The van der Waals surface area contributed by atoms with E-state index < -0.39 is 6.03 Å². The summed E-state index contributed by atoms with van der Waals surface area (Å²) >= 11 is 5.55. The van der Waals surface area contributed by atoms with Gasteiger partial charge in [0.15, 0.2) is 5.22 Å². The molecule has 0 atom stereocenters. The van der Waals surface area contributed by atoms with Crippen LogP contribution in [0.1, 0.15) is 5.76 Å². The largest absolute Gasteiger partial charge is 0.448 e. The maximum atomic E-state index is 11.2. The average Bonchev–Trinajstić information content (AvgIpc) is 2.67. The Bertz CT molecular complexity index is 372. The second-order valence-electron chi connectivity index (χ2n) is 2.84. The minimum atomic E-state index is -0.400. The van der Waals surface area contributed by atoms with Gasteiger partial charge in [0.1, 0.15) is 5.76 Å². The van der Waals surface area contributed by atoms with E-state index in [1.165, 1.54) is 0 Å². The van der Waals surface area contributed by atoms with Crippen LogP contribution in [0.4, 0.5) is 4.79 Å². The topological polar surface area (TPSA) is 62.6 Å². The molecular formula is C8H7ClN2O3. The summed E-state index contributed by atoms with van der Waals surface area (Å²) in [6, 6.07) is 2.79. The number of furan rings is 1. The van der Waals surface area contributed by atoms with Crippen LogP contribution in [0.5, 0.6) is 0 Å². The Morgan fingerprint density at radius 3 is 2.79 bits per heavy atom. The van der Waals surface area contributed by atoms with Crippen molar-refractivity contribution in [2.45, 2.75) is 6.54 Å². The third-order valence-corrected chi connectivity index (χ3v) is 2.08. The molecule has 0 aromatic carbocycles. The van der Waals surface area contributed by atoms with E-state index in [9.17, 15) is 9.59 Å². The number of carbonyl (C=O) groups is 2. The normalized spacial score (nSPS) is 16.2. The van der Waals surface area contributed by atoms with Crippen LogP contribution in [0, 0.1) is 0 Å². The molecule has 6 heteroatoms. The van der Waals surface area contributed by atoms with Crippen LogP contribution >= 0.6 is 11.6 Å². The van der Waals surface area contributed by atoms with E-state index in [0.717, 1.165) is 4.90 Å². The molecule has 0 saturated carbocycles. The maximum Gasteiger partial charge on any atom is 0.325 e. The summed E-state index contributed by atoms with van der Waals surface area (Å²) in [6.07, 6.45) is 0. The van der Waals surface area contributed by atoms with Crippen molar-refractivity contribution in [1.29, 1.82) is 0 Å². The average molecular weight is 215 g/mol. The van der Waals surface area contributed by atoms with Gasteiger partial charge in [-0.3, -0.25) is 9.69 Å². The second-order valence-corrected chi connectivity index (χ2v) is 3.22. The van der Waals surface area contributed by atoms with Crippen LogP contribution in [-0.2, 0) is 11.3 Å². The van der Waals surface area contributed by atoms with Crippen LogP contribution in [-0.4, -0.2) is 23.4 Å². The first kappa shape index (κ1) is 9.08. The highest BCUT2D eigenvalue weighted by atomic mass is 35.5. The highest BCUT2D eigenvalue weighted by molar-refractivity contribution is 6.28. The molecule has 1 aliphatic rings. The zero-order chi connectivity index (χ0) is 10.1. The highest BCUT2D eigenvalue weighted by Gasteiger charge is 2.29. The maximum absolute atomic E-state index is 11.2. The van der Waals surface area contributed by atoms with Crippen LogP contribution in [0.15, 0.2) is 16.5 Å². The molecule has 0 bridgehead atoms. The second kappa shape index (κ2) is 3.34. The third kappa shape index (κ3) is 1.58. The van der Waals surface area contributed by atoms with Gasteiger partial charge in [-0.2, -0.15) is 0 Å². The first-order valence-electron chi connectivity index (χ1n) is 3.99. The van der Waals surface area contributed by atoms with E-state index in [4.69, 9.17) is 16.0 Å². The van der Waals surface area contributed by atoms with Gasteiger partial charge in [-0.15, -0.1) is 0 Å². The lowest BCUT2D eigenvalue weighted by Gasteiger charge is -2.09. The van der Waals surface area contributed by atoms with Gasteiger partial charge in [0.2, 0.25) is 5.91 Å². The number of imide groups is 1. The molecule has 3 amide bonds. The summed E-state index contributed by atoms with van der Waals surface area (Å²) in [5.74, 6) is 0.225. The number of amides is 3. The predicted octanol–water partition coefficient (Wildman–Crippen LogP) is 0.985. The summed E-state index contributed by atoms with van der Waals surface area (Å²) in [6.45, 7) is 0.171. The molecule has 0 radical (unpaired) electrons. The zero-order valence-corrected chi connectivity index (χ0v) is 7.87. The van der Waals surface area contributed by atoms with Crippen molar-refractivity contribution in [3.63, 3.8) is 0 Å². The molecule has 74 valence electrons. The van der Waals surface area contributed by atoms with Gasteiger partial charge in [-0.25, -0.2) is 4.79 Å². The smallest absolute Gasteiger partial charge is 0.325 e. The molecule has 1 aromatic rings. The molecule has 1 aliphatic heterocycles.